The third kappa shape index (κ3) is 3.28. The molecule has 0 bridgehead atoms. The molecular formula is C9H11ClN4O3. The maximum Gasteiger partial charge on any atom is 0.311 e. The Bertz CT molecular complexity index is 452. The fourth-order valence-corrected chi connectivity index (χ4v) is 1.32. The molecule has 1 atom stereocenters. The molecule has 1 amide bonds. The average Bonchev–Trinajstić information content (AvgIpc) is 2.27. The fourth-order valence-electron chi connectivity index (χ4n) is 1.17. The third-order valence-electron chi connectivity index (χ3n) is 2.03. The lowest BCUT2D eigenvalue weighted by molar-refractivity contribution is -0.384. The lowest BCUT2D eigenvalue weighted by Gasteiger charge is -2.12. The van der Waals surface area contributed by atoms with Crippen LogP contribution in [0, 0.1) is 10.1 Å². The first-order valence-electron chi connectivity index (χ1n) is 4.74. The molecule has 0 aliphatic heterocycles. The summed E-state index contributed by atoms with van der Waals surface area (Å²) in [5.41, 5.74) is -0.231. The summed E-state index contributed by atoms with van der Waals surface area (Å²) in [6.07, 6.45) is 0. The number of carbonyl (C=O) groups is 1. The number of rotatable bonds is 4. The summed E-state index contributed by atoms with van der Waals surface area (Å²) in [6.45, 7) is 1.56. The molecule has 0 saturated heterocycles. The van der Waals surface area contributed by atoms with Gasteiger partial charge in [-0.05, 0) is 13.0 Å². The number of hydrogen-bond acceptors (Lipinski definition) is 5. The van der Waals surface area contributed by atoms with Crippen LogP contribution in [-0.4, -0.2) is 28.9 Å². The molecule has 1 rings (SSSR count). The summed E-state index contributed by atoms with van der Waals surface area (Å²) in [5.74, 6) is -0.334. The van der Waals surface area contributed by atoms with Crippen molar-refractivity contribution in [2.75, 3.05) is 12.4 Å². The number of nitro groups is 1. The number of hydrogen-bond donors (Lipinski definition) is 2. The van der Waals surface area contributed by atoms with Gasteiger partial charge in [-0.25, -0.2) is 4.98 Å². The molecule has 0 aliphatic rings. The maximum atomic E-state index is 11.3. The topological polar surface area (TPSA) is 97.2 Å². The van der Waals surface area contributed by atoms with Crippen molar-refractivity contribution in [2.24, 2.45) is 0 Å². The monoisotopic (exact) mass is 258 g/mol. The molecule has 17 heavy (non-hydrogen) atoms. The SMILES string of the molecule is CNC(=O)C(C)Nc1nc(Cl)ccc1[N+](=O)[O-]. The first-order valence-corrected chi connectivity index (χ1v) is 5.12. The summed E-state index contributed by atoms with van der Waals surface area (Å²) in [5, 5.41) is 15.9. The van der Waals surface area contributed by atoms with E-state index >= 15 is 0 Å². The molecule has 1 aromatic rings. The van der Waals surface area contributed by atoms with Crippen LogP contribution < -0.4 is 10.6 Å². The van der Waals surface area contributed by atoms with Gasteiger partial charge in [0.25, 0.3) is 0 Å². The van der Waals surface area contributed by atoms with E-state index in [1.807, 2.05) is 0 Å². The van der Waals surface area contributed by atoms with Gasteiger partial charge >= 0.3 is 5.69 Å². The second-order valence-corrected chi connectivity index (χ2v) is 3.63. The minimum Gasteiger partial charge on any atom is -0.357 e. The Morgan fingerprint density at radius 3 is 2.76 bits per heavy atom. The van der Waals surface area contributed by atoms with Crippen molar-refractivity contribution < 1.29 is 9.72 Å². The van der Waals surface area contributed by atoms with E-state index in [0.717, 1.165) is 0 Å². The third-order valence-corrected chi connectivity index (χ3v) is 2.24. The summed E-state index contributed by atoms with van der Waals surface area (Å²) >= 11 is 5.64. The van der Waals surface area contributed by atoms with Gasteiger partial charge in [-0.1, -0.05) is 11.6 Å². The number of anilines is 1. The molecule has 2 N–H and O–H groups in total. The summed E-state index contributed by atoms with van der Waals surface area (Å²) in [7, 11) is 1.47. The predicted molar refractivity (Wildman–Crippen MR) is 63.1 cm³/mol. The quantitative estimate of drug-likeness (QED) is 0.480. The van der Waals surface area contributed by atoms with E-state index in [-0.39, 0.29) is 22.6 Å². The van der Waals surface area contributed by atoms with E-state index in [1.54, 1.807) is 6.92 Å². The first kappa shape index (κ1) is 13.2. The molecule has 1 aromatic heterocycles. The van der Waals surface area contributed by atoms with Gasteiger partial charge in [0, 0.05) is 13.1 Å². The molecular weight excluding hydrogens is 248 g/mol. The Labute approximate surface area is 102 Å². The minimum absolute atomic E-state index is 0.0291. The Hall–Kier alpha value is -1.89. The molecule has 0 saturated carbocycles. The number of nitrogens with one attached hydrogen (secondary N) is 2. The van der Waals surface area contributed by atoms with Gasteiger partial charge in [0.2, 0.25) is 11.7 Å². The van der Waals surface area contributed by atoms with Crippen LogP contribution in [-0.2, 0) is 4.79 Å². The molecule has 0 spiro atoms. The fraction of sp³-hybridized carbons (Fsp3) is 0.333. The van der Waals surface area contributed by atoms with Crippen molar-refractivity contribution in [1.29, 1.82) is 0 Å². The van der Waals surface area contributed by atoms with Gasteiger partial charge in [0.15, 0.2) is 0 Å². The van der Waals surface area contributed by atoms with Crippen LogP contribution in [0.1, 0.15) is 6.92 Å². The number of amides is 1. The van der Waals surface area contributed by atoms with E-state index in [9.17, 15) is 14.9 Å². The van der Waals surface area contributed by atoms with Gasteiger partial charge < -0.3 is 10.6 Å². The van der Waals surface area contributed by atoms with Crippen LogP contribution in [0.5, 0.6) is 0 Å². The lowest BCUT2D eigenvalue weighted by atomic mass is 10.3. The highest BCUT2D eigenvalue weighted by molar-refractivity contribution is 6.29. The van der Waals surface area contributed by atoms with E-state index in [4.69, 9.17) is 11.6 Å². The maximum absolute atomic E-state index is 11.3. The van der Waals surface area contributed by atoms with Crippen LogP contribution in [0.3, 0.4) is 0 Å². The minimum atomic E-state index is -0.648. The molecule has 0 aromatic carbocycles. The molecule has 0 fully saturated rings. The van der Waals surface area contributed by atoms with Crippen molar-refractivity contribution in [3.8, 4) is 0 Å². The summed E-state index contributed by atoms with van der Waals surface area (Å²) < 4.78 is 0. The number of carbonyl (C=O) groups excluding carboxylic acids is 1. The Morgan fingerprint density at radius 2 is 2.24 bits per heavy atom. The summed E-state index contributed by atoms with van der Waals surface area (Å²) in [4.78, 5) is 25.2. The zero-order valence-corrected chi connectivity index (χ0v) is 9.99. The van der Waals surface area contributed by atoms with E-state index in [0.29, 0.717) is 0 Å². The van der Waals surface area contributed by atoms with E-state index < -0.39 is 11.0 Å². The number of nitrogens with zero attached hydrogens (tertiary/aromatic N) is 2. The van der Waals surface area contributed by atoms with Crippen molar-refractivity contribution in [3.05, 3.63) is 27.4 Å². The second kappa shape index (κ2) is 5.44. The smallest absolute Gasteiger partial charge is 0.311 e. The predicted octanol–water partition coefficient (Wildman–Crippen LogP) is 1.19. The zero-order chi connectivity index (χ0) is 13.0. The largest absolute Gasteiger partial charge is 0.357 e. The number of aromatic nitrogens is 1. The Balaban J connectivity index is 3.00. The van der Waals surface area contributed by atoms with Crippen LogP contribution in [0.25, 0.3) is 0 Å². The zero-order valence-electron chi connectivity index (χ0n) is 9.23. The first-order chi connectivity index (χ1) is 7.95. The molecule has 0 aliphatic carbocycles. The number of pyridine rings is 1. The molecule has 8 heteroatoms. The Morgan fingerprint density at radius 1 is 1.59 bits per heavy atom. The van der Waals surface area contributed by atoms with Crippen molar-refractivity contribution in [2.45, 2.75) is 13.0 Å². The van der Waals surface area contributed by atoms with Crippen LogP contribution in [0.4, 0.5) is 11.5 Å². The highest BCUT2D eigenvalue weighted by Crippen LogP contribution is 2.24. The normalized spacial score (nSPS) is 11.7. The lowest BCUT2D eigenvalue weighted by Crippen LogP contribution is -2.35. The standard InChI is InChI=1S/C9H11ClN4O3/c1-5(9(15)11-2)12-8-6(14(16)17)3-4-7(10)13-8/h3-5H,1-2H3,(H,11,15)(H,12,13). The molecule has 92 valence electrons. The number of likely N-dealkylation sites (N-methyl/N-ethyl adjacent to an activating group) is 1. The van der Waals surface area contributed by atoms with Gasteiger partial charge in [0.05, 0.1) is 4.92 Å². The highest BCUT2D eigenvalue weighted by atomic mass is 35.5. The molecule has 7 nitrogen and oxygen atoms in total. The molecule has 1 heterocycles. The van der Waals surface area contributed by atoms with Crippen LogP contribution in [0.2, 0.25) is 5.15 Å². The van der Waals surface area contributed by atoms with Gasteiger partial charge in [0.1, 0.15) is 11.2 Å². The molecule has 1 unspecified atom stereocenters. The second-order valence-electron chi connectivity index (χ2n) is 3.24. The highest BCUT2D eigenvalue weighted by Gasteiger charge is 2.19. The van der Waals surface area contributed by atoms with Crippen LogP contribution >= 0.6 is 11.6 Å². The van der Waals surface area contributed by atoms with Crippen molar-refractivity contribution in [1.82, 2.24) is 10.3 Å². The van der Waals surface area contributed by atoms with Crippen LogP contribution in [0.15, 0.2) is 12.1 Å². The number of halogens is 1. The molecule has 0 radical (unpaired) electrons. The summed E-state index contributed by atoms with van der Waals surface area (Å²) in [6, 6.07) is 1.90. The van der Waals surface area contributed by atoms with Crippen molar-refractivity contribution in [3.63, 3.8) is 0 Å². The average molecular weight is 259 g/mol. The van der Waals surface area contributed by atoms with E-state index in [2.05, 4.69) is 15.6 Å². The van der Waals surface area contributed by atoms with Gasteiger partial charge in [-0.15, -0.1) is 0 Å². The van der Waals surface area contributed by atoms with Gasteiger partial charge in [-0.2, -0.15) is 0 Å². The van der Waals surface area contributed by atoms with E-state index in [1.165, 1.54) is 19.2 Å². The van der Waals surface area contributed by atoms with Gasteiger partial charge in [-0.3, -0.25) is 14.9 Å². The van der Waals surface area contributed by atoms with Crippen molar-refractivity contribution >= 4 is 29.0 Å². The Kier molecular flexibility index (Phi) is 4.22.